The average Bonchev–Trinajstić information content (AvgIpc) is 2.89. The second-order valence-electron chi connectivity index (χ2n) is 4.93. The van der Waals surface area contributed by atoms with Gasteiger partial charge in [-0.1, -0.05) is 6.07 Å². The Hall–Kier alpha value is -2.90. The summed E-state index contributed by atoms with van der Waals surface area (Å²) in [6.45, 7) is -0.125. The second-order valence-corrected chi connectivity index (χ2v) is 4.93. The first-order valence-corrected chi connectivity index (χ1v) is 6.63. The van der Waals surface area contributed by atoms with Crippen LogP contribution >= 0.6 is 0 Å². The third-order valence-electron chi connectivity index (χ3n) is 3.36. The van der Waals surface area contributed by atoms with E-state index < -0.39 is 23.7 Å². The lowest BCUT2D eigenvalue weighted by Gasteiger charge is -2.07. The Balaban J connectivity index is 2.09. The van der Waals surface area contributed by atoms with Gasteiger partial charge in [0.15, 0.2) is 0 Å². The van der Waals surface area contributed by atoms with E-state index in [0.717, 1.165) is 12.1 Å². The highest BCUT2D eigenvalue weighted by Gasteiger charge is 2.15. The van der Waals surface area contributed by atoms with Gasteiger partial charge < -0.3 is 5.73 Å². The summed E-state index contributed by atoms with van der Waals surface area (Å²) in [5.74, 6) is -1.53. The van der Waals surface area contributed by atoms with Crippen LogP contribution < -0.4 is 5.73 Å². The summed E-state index contributed by atoms with van der Waals surface area (Å²) in [7, 11) is 0. The quantitative estimate of drug-likeness (QED) is 0.803. The maximum atomic E-state index is 13.4. The number of rotatable bonds is 4. The Labute approximate surface area is 128 Å². The molecule has 0 unspecified atom stereocenters. The molecule has 0 radical (unpaired) electrons. The Morgan fingerprint density at radius 1 is 1.22 bits per heavy atom. The average molecular weight is 320 g/mol. The van der Waals surface area contributed by atoms with Gasteiger partial charge in [0.05, 0.1) is 17.3 Å². The van der Waals surface area contributed by atoms with Gasteiger partial charge >= 0.3 is 0 Å². The molecular formula is C15H11F3N4O. The van der Waals surface area contributed by atoms with Gasteiger partial charge in [0, 0.05) is 11.8 Å². The van der Waals surface area contributed by atoms with Crippen molar-refractivity contribution in [1.29, 1.82) is 0 Å². The summed E-state index contributed by atoms with van der Waals surface area (Å²) in [4.78, 5) is 15.2. The zero-order valence-corrected chi connectivity index (χ0v) is 11.7. The first kappa shape index (κ1) is 15.0. The van der Waals surface area contributed by atoms with Crippen molar-refractivity contribution in [2.24, 2.45) is 5.73 Å². The molecule has 118 valence electrons. The van der Waals surface area contributed by atoms with Crippen molar-refractivity contribution in [3.63, 3.8) is 0 Å². The third-order valence-corrected chi connectivity index (χ3v) is 3.36. The molecule has 0 spiro atoms. The summed E-state index contributed by atoms with van der Waals surface area (Å²) >= 11 is 0. The Bertz CT molecular complexity index is 892. The molecule has 2 heterocycles. The first-order valence-electron chi connectivity index (χ1n) is 6.63. The van der Waals surface area contributed by atoms with Crippen molar-refractivity contribution in [1.82, 2.24) is 14.8 Å². The number of halogens is 3. The Morgan fingerprint density at radius 2 is 2.00 bits per heavy atom. The van der Waals surface area contributed by atoms with Crippen LogP contribution in [0.15, 0.2) is 36.7 Å². The molecule has 0 aliphatic rings. The van der Waals surface area contributed by atoms with Crippen LogP contribution in [0.2, 0.25) is 0 Å². The zero-order chi connectivity index (χ0) is 16.6. The van der Waals surface area contributed by atoms with Gasteiger partial charge in [0.25, 0.3) is 6.43 Å². The van der Waals surface area contributed by atoms with Crippen molar-refractivity contribution in [3.05, 3.63) is 48.0 Å². The molecule has 23 heavy (non-hydrogen) atoms. The predicted molar refractivity (Wildman–Crippen MR) is 77.1 cm³/mol. The highest BCUT2D eigenvalue weighted by Crippen LogP contribution is 2.29. The first-order chi connectivity index (χ1) is 11.0. The maximum Gasteiger partial charge on any atom is 0.266 e. The lowest BCUT2D eigenvalue weighted by atomic mass is 10.0. The van der Waals surface area contributed by atoms with E-state index in [2.05, 4.69) is 10.1 Å². The van der Waals surface area contributed by atoms with Crippen LogP contribution in [-0.4, -0.2) is 20.7 Å². The van der Waals surface area contributed by atoms with Gasteiger partial charge in [-0.15, -0.1) is 0 Å². The molecular weight excluding hydrogens is 309 g/mol. The molecule has 0 atom stereocenters. The van der Waals surface area contributed by atoms with Gasteiger partial charge in [-0.2, -0.15) is 5.10 Å². The van der Waals surface area contributed by atoms with E-state index in [1.54, 1.807) is 6.07 Å². The van der Waals surface area contributed by atoms with Gasteiger partial charge in [-0.05, 0) is 23.8 Å². The van der Waals surface area contributed by atoms with Crippen LogP contribution in [0.4, 0.5) is 13.2 Å². The van der Waals surface area contributed by atoms with E-state index in [-0.39, 0.29) is 6.54 Å². The van der Waals surface area contributed by atoms with Gasteiger partial charge in [-0.25, -0.2) is 13.2 Å². The predicted octanol–water partition coefficient (Wildman–Crippen LogP) is 2.66. The van der Waals surface area contributed by atoms with Crippen molar-refractivity contribution in [3.8, 4) is 11.1 Å². The number of nitrogens with two attached hydrogens (primary N) is 1. The number of fused-ring (bicyclic) bond motifs is 1. The number of alkyl halides is 2. The van der Waals surface area contributed by atoms with Gasteiger partial charge in [0.1, 0.15) is 17.9 Å². The Kier molecular flexibility index (Phi) is 3.73. The Morgan fingerprint density at radius 3 is 2.70 bits per heavy atom. The number of carbonyl (C=O) groups is 1. The molecule has 3 aromatic rings. The maximum absolute atomic E-state index is 13.4. The molecule has 3 rings (SSSR count). The standard InChI is InChI=1S/C15H11F3N4O/c16-11-2-1-8(3-10(11)15(17)18)9-4-13-12(20-5-9)6-21-22(13)7-14(19)23/h1-6,15H,7H2,(H2,19,23). The van der Waals surface area contributed by atoms with E-state index in [1.807, 2.05) is 0 Å². The fraction of sp³-hybridized carbons (Fsp3) is 0.133. The van der Waals surface area contributed by atoms with Gasteiger partial charge in [-0.3, -0.25) is 14.5 Å². The number of nitrogens with zero attached hydrogens (tertiary/aromatic N) is 3. The minimum absolute atomic E-state index is 0.125. The van der Waals surface area contributed by atoms with Crippen LogP contribution in [-0.2, 0) is 11.3 Å². The molecule has 0 saturated carbocycles. The van der Waals surface area contributed by atoms with E-state index in [0.29, 0.717) is 22.2 Å². The van der Waals surface area contributed by atoms with Crippen LogP contribution in [0.3, 0.4) is 0 Å². The molecule has 8 heteroatoms. The van der Waals surface area contributed by atoms with Crippen molar-refractivity contribution < 1.29 is 18.0 Å². The second kappa shape index (κ2) is 5.71. The molecule has 0 bridgehead atoms. The summed E-state index contributed by atoms with van der Waals surface area (Å²) in [6.07, 6.45) is 0.0327. The van der Waals surface area contributed by atoms with Crippen molar-refractivity contribution in [2.45, 2.75) is 13.0 Å². The van der Waals surface area contributed by atoms with Crippen LogP contribution in [0.5, 0.6) is 0 Å². The van der Waals surface area contributed by atoms with Crippen molar-refractivity contribution in [2.75, 3.05) is 0 Å². The summed E-state index contributed by atoms with van der Waals surface area (Å²) in [5.41, 5.74) is 6.44. The SMILES string of the molecule is NC(=O)Cn1ncc2ncc(-c3ccc(F)c(C(F)F)c3)cc21. The number of hydrogen-bond acceptors (Lipinski definition) is 3. The lowest BCUT2D eigenvalue weighted by Crippen LogP contribution is -2.19. The number of hydrogen-bond donors (Lipinski definition) is 1. The number of carbonyl (C=O) groups excluding carboxylic acids is 1. The van der Waals surface area contributed by atoms with Crippen LogP contribution in [0.1, 0.15) is 12.0 Å². The summed E-state index contributed by atoms with van der Waals surface area (Å²) < 4.78 is 40.4. The van der Waals surface area contributed by atoms with Crippen LogP contribution in [0.25, 0.3) is 22.2 Å². The number of benzene rings is 1. The summed E-state index contributed by atoms with van der Waals surface area (Å²) in [6, 6.07) is 5.10. The van der Waals surface area contributed by atoms with Crippen LogP contribution in [0, 0.1) is 5.82 Å². The molecule has 2 aromatic heterocycles. The zero-order valence-electron chi connectivity index (χ0n) is 11.7. The molecule has 0 fully saturated rings. The number of primary amides is 1. The highest BCUT2D eigenvalue weighted by molar-refractivity contribution is 5.82. The van der Waals surface area contributed by atoms with E-state index in [4.69, 9.17) is 5.73 Å². The monoisotopic (exact) mass is 320 g/mol. The summed E-state index contributed by atoms with van der Waals surface area (Å²) in [5, 5.41) is 4.00. The fourth-order valence-electron chi connectivity index (χ4n) is 2.28. The highest BCUT2D eigenvalue weighted by atomic mass is 19.3. The fourth-order valence-corrected chi connectivity index (χ4v) is 2.28. The molecule has 5 nitrogen and oxygen atoms in total. The molecule has 2 N–H and O–H groups in total. The smallest absolute Gasteiger partial charge is 0.266 e. The lowest BCUT2D eigenvalue weighted by molar-refractivity contribution is -0.118. The normalized spacial score (nSPS) is 11.3. The minimum Gasteiger partial charge on any atom is -0.368 e. The number of amides is 1. The largest absolute Gasteiger partial charge is 0.368 e. The van der Waals surface area contributed by atoms with Crippen molar-refractivity contribution >= 4 is 16.9 Å². The molecule has 0 aliphatic carbocycles. The molecule has 0 saturated heterocycles. The molecule has 1 amide bonds. The minimum atomic E-state index is -2.91. The van der Waals surface area contributed by atoms with E-state index in [1.165, 1.54) is 23.1 Å². The number of pyridine rings is 1. The number of aromatic nitrogens is 3. The molecule has 0 aliphatic heterocycles. The van der Waals surface area contributed by atoms with Gasteiger partial charge in [0.2, 0.25) is 5.91 Å². The third kappa shape index (κ3) is 2.87. The van der Waals surface area contributed by atoms with E-state index in [9.17, 15) is 18.0 Å². The topological polar surface area (TPSA) is 73.8 Å². The molecule has 1 aromatic carbocycles. The van der Waals surface area contributed by atoms with E-state index >= 15 is 0 Å².